The molecule has 1 amide bonds. The van der Waals surface area contributed by atoms with Gasteiger partial charge in [-0.3, -0.25) is 4.79 Å². The number of rotatable bonds is 6. The van der Waals surface area contributed by atoms with Gasteiger partial charge in [0.05, 0.1) is 6.54 Å². The molecule has 1 aliphatic heterocycles. The van der Waals surface area contributed by atoms with Crippen molar-refractivity contribution in [2.75, 3.05) is 27.2 Å². The third-order valence-electron chi connectivity index (χ3n) is 4.98. The molecule has 1 atom stereocenters. The van der Waals surface area contributed by atoms with E-state index in [9.17, 15) is 13.6 Å². The highest BCUT2D eigenvalue weighted by molar-refractivity contribution is 5.91. The molecule has 1 fully saturated rings. The predicted molar refractivity (Wildman–Crippen MR) is 99.4 cm³/mol. The van der Waals surface area contributed by atoms with Crippen LogP contribution in [0.1, 0.15) is 41.1 Å². The van der Waals surface area contributed by atoms with Gasteiger partial charge < -0.3 is 14.2 Å². The molecule has 146 valence electrons. The number of carbonyl (C=O) groups is 1. The van der Waals surface area contributed by atoms with Crippen molar-refractivity contribution in [1.82, 2.24) is 9.80 Å². The Morgan fingerprint density at radius 3 is 2.78 bits per heavy atom. The monoisotopic (exact) mass is 376 g/mol. The van der Waals surface area contributed by atoms with Crippen molar-refractivity contribution in [2.24, 2.45) is 5.92 Å². The quantitative estimate of drug-likeness (QED) is 0.762. The minimum absolute atomic E-state index is 0.0717. The Kier molecular flexibility index (Phi) is 6.26. The fourth-order valence-corrected chi connectivity index (χ4v) is 3.60. The van der Waals surface area contributed by atoms with Gasteiger partial charge in [-0.1, -0.05) is 6.07 Å². The zero-order valence-corrected chi connectivity index (χ0v) is 15.9. The van der Waals surface area contributed by atoms with Gasteiger partial charge in [-0.15, -0.1) is 0 Å². The summed E-state index contributed by atoms with van der Waals surface area (Å²) in [5, 5.41) is 0. The Labute approximate surface area is 158 Å². The SMILES string of the molecule is CN(C)Cc1ccc(C(=O)N2CCC[C@H](CCc3ccc(F)c(F)c3)C2)o1. The Hall–Kier alpha value is -2.21. The topological polar surface area (TPSA) is 36.7 Å². The normalized spacial score (nSPS) is 17.5. The van der Waals surface area contributed by atoms with E-state index >= 15 is 0 Å². The zero-order valence-electron chi connectivity index (χ0n) is 15.9. The van der Waals surface area contributed by atoms with Crippen LogP contribution in [0.15, 0.2) is 34.7 Å². The summed E-state index contributed by atoms with van der Waals surface area (Å²) < 4.78 is 32.1. The Morgan fingerprint density at radius 2 is 2.04 bits per heavy atom. The first-order valence-electron chi connectivity index (χ1n) is 9.39. The van der Waals surface area contributed by atoms with Crippen LogP contribution in [-0.2, 0) is 13.0 Å². The highest BCUT2D eigenvalue weighted by atomic mass is 19.2. The van der Waals surface area contributed by atoms with Crippen LogP contribution in [0.25, 0.3) is 0 Å². The van der Waals surface area contributed by atoms with E-state index in [0.29, 0.717) is 31.2 Å². The van der Waals surface area contributed by atoms with Crippen molar-refractivity contribution in [1.29, 1.82) is 0 Å². The number of carbonyl (C=O) groups excluding carboxylic acids is 1. The van der Waals surface area contributed by atoms with Crippen molar-refractivity contribution in [2.45, 2.75) is 32.2 Å². The second kappa shape index (κ2) is 8.65. The molecule has 0 radical (unpaired) electrons. The van der Waals surface area contributed by atoms with E-state index in [2.05, 4.69) is 0 Å². The van der Waals surface area contributed by atoms with Gasteiger partial charge in [0, 0.05) is 13.1 Å². The molecule has 0 unspecified atom stereocenters. The van der Waals surface area contributed by atoms with Crippen molar-refractivity contribution in [3.63, 3.8) is 0 Å². The molecule has 6 heteroatoms. The largest absolute Gasteiger partial charge is 0.455 e. The van der Waals surface area contributed by atoms with Crippen LogP contribution >= 0.6 is 0 Å². The molecule has 2 heterocycles. The van der Waals surface area contributed by atoms with E-state index < -0.39 is 11.6 Å². The molecule has 1 aromatic heterocycles. The number of halogens is 2. The maximum Gasteiger partial charge on any atom is 0.289 e. The molecule has 1 aliphatic rings. The molecule has 1 saturated heterocycles. The summed E-state index contributed by atoms with van der Waals surface area (Å²) in [5.74, 6) is -0.188. The van der Waals surface area contributed by atoms with E-state index in [1.807, 2.05) is 30.0 Å². The van der Waals surface area contributed by atoms with Gasteiger partial charge in [0.25, 0.3) is 5.91 Å². The zero-order chi connectivity index (χ0) is 19.4. The molecule has 0 saturated carbocycles. The molecule has 0 aliphatic carbocycles. The third kappa shape index (κ3) is 5.16. The van der Waals surface area contributed by atoms with Gasteiger partial charge in [0.1, 0.15) is 5.76 Å². The van der Waals surface area contributed by atoms with Crippen LogP contribution in [0.2, 0.25) is 0 Å². The Bertz CT molecular complexity index is 788. The molecular weight excluding hydrogens is 350 g/mol. The number of aryl methyl sites for hydroxylation is 1. The highest BCUT2D eigenvalue weighted by Gasteiger charge is 2.26. The first-order valence-corrected chi connectivity index (χ1v) is 9.39. The number of piperidine rings is 1. The summed E-state index contributed by atoms with van der Waals surface area (Å²) in [4.78, 5) is 16.6. The molecule has 0 spiro atoms. The van der Waals surface area contributed by atoms with E-state index in [0.717, 1.165) is 37.1 Å². The highest BCUT2D eigenvalue weighted by Crippen LogP contribution is 2.24. The van der Waals surface area contributed by atoms with E-state index in [1.54, 1.807) is 12.1 Å². The molecule has 0 N–H and O–H groups in total. The maximum atomic E-state index is 13.3. The molecule has 0 bridgehead atoms. The average molecular weight is 376 g/mol. The van der Waals surface area contributed by atoms with Crippen molar-refractivity contribution < 1.29 is 18.0 Å². The van der Waals surface area contributed by atoms with Crippen LogP contribution in [-0.4, -0.2) is 42.9 Å². The van der Waals surface area contributed by atoms with Crippen LogP contribution in [0.4, 0.5) is 8.78 Å². The van der Waals surface area contributed by atoms with Gasteiger partial charge >= 0.3 is 0 Å². The lowest BCUT2D eigenvalue weighted by atomic mass is 9.91. The Balaban J connectivity index is 1.56. The molecule has 2 aromatic rings. The maximum absolute atomic E-state index is 13.3. The predicted octanol–water partition coefficient (Wildman–Crippen LogP) is 4.10. The smallest absolute Gasteiger partial charge is 0.289 e. The van der Waals surface area contributed by atoms with Crippen LogP contribution in [0, 0.1) is 17.6 Å². The number of benzene rings is 1. The summed E-state index contributed by atoms with van der Waals surface area (Å²) in [6, 6.07) is 7.64. The van der Waals surface area contributed by atoms with Crippen LogP contribution in [0.5, 0.6) is 0 Å². The van der Waals surface area contributed by atoms with E-state index in [-0.39, 0.29) is 5.91 Å². The number of nitrogens with zero attached hydrogens (tertiary/aromatic N) is 2. The van der Waals surface area contributed by atoms with Gasteiger partial charge in [0.2, 0.25) is 0 Å². The second-order valence-corrected chi connectivity index (χ2v) is 7.55. The van der Waals surface area contributed by atoms with Gasteiger partial charge in [-0.25, -0.2) is 8.78 Å². The first kappa shape index (κ1) is 19.5. The minimum Gasteiger partial charge on any atom is -0.455 e. The van der Waals surface area contributed by atoms with Gasteiger partial charge in [0.15, 0.2) is 17.4 Å². The fraction of sp³-hybridized carbons (Fsp3) is 0.476. The summed E-state index contributed by atoms with van der Waals surface area (Å²) in [6.07, 6.45) is 3.51. The molecule has 1 aromatic carbocycles. The number of hydrogen-bond donors (Lipinski definition) is 0. The van der Waals surface area contributed by atoms with E-state index in [1.165, 1.54) is 12.1 Å². The lowest BCUT2D eigenvalue weighted by molar-refractivity contribution is 0.0633. The summed E-state index contributed by atoms with van der Waals surface area (Å²) in [5.41, 5.74) is 0.789. The Morgan fingerprint density at radius 1 is 1.22 bits per heavy atom. The number of amides is 1. The molecule has 3 rings (SSSR count). The van der Waals surface area contributed by atoms with E-state index in [4.69, 9.17) is 4.42 Å². The summed E-state index contributed by atoms with van der Waals surface area (Å²) >= 11 is 0. The number of furan rings is 1. The lowest BCUT2D eigenvalue weighted by Crippen LogP contribution is -2.39. The molecular formula is C21H26F2N2O2. The molecule has 27 heavy (non-hydrogen) atoms. The van der Waals surface area contributed by atoms with Crippen LogP contribution < -0.4 is 0 Å². The third-order valence-corrected chi connectivity index (χ3v) is 4.98. The van der Waals surface area contributed by atoms with Gasteiger partial charge in [-0.2, -0.15) is 0 Å². The first-order chi connectivity index (χ1) is 12.9. The standard InChI is InChI=1S/C21H26F2N2O2/c1-24(2)14-17-8-10-20(27-17)21(26)25-11-3-4-16(13-25)6-5-15-7-9-18(22)19(23)12-15/h7-10,12,16H,3-6,11,13-14H2,1-2H3/t16-/m1/s1. The minimum atomic E-state index is -0.819. The van der Waals surface area contributed by atoms with Gasteiger partial charge in [-0.05, 0) is 75.5 Å². The van der Waals surface area contributed by atoms with Crippen molar-refractivity contribution in [3.05, 3.63) is 59.1 Å². The summed E-state index contributed by atoms with van der Waals surface area (Å²) in [6.45, 7) is 2.06. The fourth-order valence-electron chi connectivity index (χ4n) is 3.60. The van der Waals surface area contributed by atoms with Crippen molar-refractivity contribution in [3.8, 4) is 0 Å². The lowest BCUT2D eigenvalue weighted by Gasteiger charge is -2.32. The number of hydrogen-bond acceptors (Lipinski definition) is 3. The summed E-state index contributed by atoms with van der Waals surface area (Å²) in [7, 11) is 3.90. The van der Waals surface area contributed by atoms with Crippen LogP contribution in [0.3, 0.4) is 0 Å². The molecule has 4 nitrogen and oxygen atoms in total. The number of likely N-dealkylation sites (tertiary alicyclic amines) is 1. The second-order valence-electron chi connectivity index (χ2n) is 7.55. The van der Waals surface area contributed by atoms with Crippen molar-refractivity contribution >= 4 is 5.91 Å². The average Bonchev–Trinajstić information content (AvgIpc) is 3.10.